The van der Waals surface area contributed by atoms with Crippen molar-refractivity contribution >= 4 is 11.6 Å². The fourth-order valence-electron chi connectivity index (χ4n) is 2.06. The van der Waals surface area contributed by atoms with E-state index >= 15 is 0 Å². The van der Waals surface area contributed by atoms with Gasteiger partial charge >= 0.3 is 0 Å². The highest BCUT2D eigenvalue weighted by molar-refractivity contribution is 5.93. The van der Waals surface area contributed by atoms with Gasteiger partial charge in [0, 0.05) is 5.69 Å². The van der Waals surface area contributed by atoms with E-state index in [1.165, 1.54) is 12.1 Å². The first-order valence-corrected chi connectivity index (χ1v) is 6.00. The van der Waals surface area contributed by atoms with Crippen LogP contribution in [0.1, 0.15) is 24.5 Å². The molecule has 5 nitrogen and oxygen atoms in total. The monoisotopic (exact) mass is 255 g/mol. The lowest BCUT2D eigenvalue weighted by Gasteiger charge is -2.09. The Hall–Kier alpha value is -2.37. The van der Waals surface area contributed by atoms with E-state index in [2.05, 4.69) is 5.32 Å². The number of nitrogens with one attached hydrogen (secondary N) is 1. The molecule has 0 saturated carbocycles. The molecule has 1 N–H and O–H groups in total. The summed E-state index contributed by atoms with van der Waals surface area (Å²) in [5.41, 5.74) is 1.09. The summed E-state index contributed by atoms with van der Waals surface area (Å²) in [7, 11) is 0. The molecule has 19 heavy (non-hydrogen) atoms. The van der Waals surface area contributed by atoms with Gasteiger partial charge in [0.15, 0.2) is 0 Å². The van der Waals surface area contributed by atoms with Gasteiger partial charge in [0.25, 0.3) is 0 Å². The van der Waals surface area contributed by atoms with Gasteiger partial charge in [-0.3, -0.25) is 4.79 Å². The molecule has 2 rings (SSSR count). The highest BCUT2D eigenvalue weighted by Gasteiger charge is 2.28. The van der Waals surface area contributed by atoms with Crippen molar-refractivity contribution < 1.29 is 9.53 Å². The molecule has 1 saturated heterocycles. The van der Waals surface area contributed by atoms with E-state index in [1.807, 2.05) is 19.1 Å². The molecule has 1 fully saturated rings. The molecule has 0 aromatic heterocycles. The van der Waals surface area contributed by atoms with E-state index in [1.54, 1.807) is 6.07 Å². The first kappa shape index (κ1) is 13.1. The minimum atomic E-state index is -0.156. The first-order chi connectivity index (χ1) is 9.13. The third kappa shape index (κ3) is 2.90. The zero-order valence-electron chi connectivity index (χ0n) is 10.5. The Morgan fingerprint density at radius 2 is 2.11 bits per heavy atom. The number of carbonyl (C=O) groups excluding carboxylic acids is 1. The first-order valence-electron chi connectivity index (χ1n) is 6.00. The Bertz CT molecular complexity index is 583. The van der Waals surface area contributed by atoms with E-state index in [-0.39, 0.29) is 23.5 Å². The van der Waals surface area contributed by atoms with Gasteiger partial charge < -0.3 is 10.1 Å². The van der Waals surface area contributed by atoms with Crippen molar-refractivity contribution in [1.29, 1.82) is 10.5 Å². The van der Waals surface area contributed by atoms with Crippen LogP contribution < -0.4 is 5.32 Å². The van der Waals surface area contributed by atoms with Gasteiger partial charge in [-0.2, -0.15) is 10.5 Å². The number of benzene rings is 1. The molecule has 1 amide bonds. The van der Waals surface area contributed by atoms with Crippen LogP contribution in [0.15, 0.2) is 18.2 Å². The predicted molar refractivity (Wildman–Crippen MR) is 68.0 cm³/mol. The van der Waals surface area contributed by atoms with Crippen LogP contribution in [0.4, 0.5) is 5.69 Å². The topological polar surface area (TPSA) is 85.9 Å². The summed E-state index contributed by atoms with van der Waals surface area (Å²) in [5.74, 6) is -0.269. The van der Waals surface area contributed by atoms with Crippen molar-refractivity contribution in [1.82, 2.24) is 0 Å². The minimum Gasteiger partial charge on any atom is -0.378 e. The lowest BCUT2D eigenvalue weighted by molar-refractivity contribution is -0.119. The Labute approximate surface area is 111 Å². The molecule has 1 aromatic rings. The third-order valence-electron chi connectivity index (χ3n) is 3.10. The summed E-state index contributed by atoms with van der Waals surface area (Å²) in [6.07, 6.45) is 0.805. The number of nitriles is 2. The number of carbonyl (C=O) groups is 1. The summed E-state index contributed by atoms with van der Waals surface area (Å²) in [6, 6.07) is 8.53. The summed E-state index contributed by atoms with van der Waals surface area (Å²) in [5, 5.41) is 20.5. The molecular formula is C14H13N3O2. The third-order valence-corrected chi connectivity index (χ3v) is 3.10. The summed E-state index contributed by atoms with van der Waals surface area (Å²) < 4.78 is 5.35. The summed E-state index contributed by atoms with van der Waals surface area (Å²) in [6.45, 7) is 2.36. The molecule has 1 heterocycles. The van der Waals surface area contributed by atoms with Gasteiger partial charge in [-0.25, -0.2) is 0 Å². The Kier molecular flexibility index (Phi) is 3.79. The predicted octanol–water partition coefficient (Wildman–Crippen LogP) is 1.79. The fourth-order valence-corrected chi connectivity index (χ4v) is 2.06. The van der Waals surface area contributed by atoms with Crippen LogP contribution in [0.5, 0.6) is 0 Å². The second-order valence-electron chi connectivity index (χ2n) is 4.55. The highest BCUT2D eigenvalue weighted by Crippen LogP contribution is 2.21. The van der Waals surface area contributed by atoms with Gasteiger partial charge in [0.2, 0.25) is 5.91 Å². The van der Waals surface area contributed by atoms with E-state index < -0.39 is 0 Å². The SMILES string of the molecule is CC1CC(C(=O)Nc2ccc(C#N)c(C#N)c2)CO1. The molecule has 1 aliphatic heterocycles. The van der Waals surface area contributed by atoms with E-state index in [9.17, 15) is 4.79 Å². The van der Waals surface area contributed by atoms with Crippen LogP contribution in [0, 0.1) is 28.6 Å². The maximum atomic E-state index is 12.0. The average molecular weight is 255 g/mol. The number of nitrogens with zero attached hydrogens (tertiary/aromatic N) is 2. The number of anilines is 1. The normalized spacial score (nSPS) is 21.4. The van der Waals surface area contributed by atoms with E-state index in [4.69, 9.17) is 15.3 Å². The number of amides is 1. The molecular weight excluding hydrogens is 242 g/mol. The summed E-state index contributed by atoms with van der Waals surface area (Å²) in [4.78, 5) is 12.0. The molecule has 96 valence electrons. The molecule has 1 aliphatic rings. The average Bonchev–Trinajstić information content (AvgIpc) is 2.85. The molecule has 0 radical (unpaired) electrons. The second-order valence-corrected chi connectivity index (χ2v) is 4.55. The van der Waals surface area contributed by atoms with Crippen molar-refractivity contribution in [3.8, 4) is 12.1 Å². The maximum Gasteiger partial charge on any atom is 0.229 e. The van der Waals surface area contributed by atoms with Crippen LogP contribution >= 0.6 is 0 Å². The van der Waals surface area contributed by atoms with Gasteiger partial charge in [0.1, 0.15) is 12.1 Å². The molecule has 0 bridgehead atoms. The standard InChI is InChI=1S/C14H13N3O2/c1-9-4-12(8-19-9)14(18)17-13-3-2-10(6-15)11(5-13)7-16/h2-3,5,9,12H,4,8H2,1H3,(H,17,18). The van der Waals surface area contributed by atoms with Gasteiger partial charge in [-0.05, 0) is 31.5 Å². The van der Waals surface area contributed by atoms with Crippen LogP contribution in [-0.4, -0.2) is 18.6 Å². The molecule has 5 heteroatoms. The zero-order chi connectivity index (χ0) is 13.8. The number of rotatable bonds is 2. The quantitative estimate of drug-likeness (QED) is 0.872. The lowest BCUT2D eigenvalue weighted by Crippen LogP contribution is -2.23. The Morgan fingerprint density at radius 1 is 1.37 bits per heavy atom. The van der Waals surface area contributed by atoms with Gasteiger partial charge in [-0.15, -0.1) is 0 Å². The number of ether oxygens (including phenoxy) is 1. The largest absolute Gasteiger partial charge is 0.378 e. The van der Waals surface area contributed by atoms with Crippen LogP contribution in [0.2, 0.25) is 0 Å². The van der Waals surface area contributed by atoms with E-state index in [0.717, 1.165) is 0 Å². The van der Waals surface area contributed by atoms with Crippen molar-refractivity contribution in [2.45, 2.75) is 19.4 Å². The van der Waals surface area contributed by atoms with Crippen LogP contribution in [-0.2, 0) is 9.53 Å². The highest BCUT2D eigenvalue weighted by atomic mass is 16.5. The zero-order valence-corrected chi connectivity index (χ0v) is 10.5. The smallest absolute Gasteiger partial charge is 0.229 e. The van der Waals surface area contributed by atoms with Crippen molar-refractivity contribution in [2.75, 3.05) is 11.9 Å². The van der Waals surface area contributed by atoms with E-state index in [0.29, 0.717) is 24.3 Å². The second kappa shape index (κ2) is 5.51. The van der Waals surface area contributed by atoms with Crippen LogP contribution in [0.3, 0.4) is 0 Å². The van der Waals surface area contributed by atoms with Crippen molar-refractivity contribution in [3.05, 3.63) is 29.3 Å². The molecule has 1 aromatic carbocycles. The molecule has 2 unspecified atom stereocenters. The minimum absolute atomic E-state index is 0.103. The fraction of sp³-hybridized carbons (Fsp3) is 0.357. The van der Waals surface area contributed by atoms with Crippen molar-refractivity contribution in [3.63, 3.8) is 0 Å². The van der Waals surface area contributed by atoms with Crippen LogP contribution in [0.25, 0.3) is 0 Å². The Morgan fingerprint density at radius 3 is 2.68 bits per heavy atom. The van der Waals surface area contributed by atoms with Gasteiger partial charge in [0.05, 0.1) is 29.8 Å². The van der Waals surface area contributed by atoms with Gasteiger partial charge in [-0.1, -0.05) is 0 Å². The lowest BCUT2D eigenvalue weighted by atomic mass is 10.0. The number of hydrogen-bond acceptors (Lipinski definition) is 4. The number of hydrogen-bond donors (Lipinski definition) is 1. The molecule has 0 spiro atoms. The van der Waals surface area contributed by atoms with Crippen molar-refractivity contribution in [2.24, 2.45) is 5.92 Å². The summed E-state index contributed by atoms with van der Waals surface area (Å²) >= 11 is 0. The molecule has 2 atom stereocenters. The Balaban J connectivity index is 2.10. The maximum absolute atomic E-state index is 12.0. The molecule has 0 aliphatic carbocycles.